The molecule has 0 saturated heterocycles. The summed E-state index contributed by atoms with van der Waals surface area (Å²) in [4.78, 5) is 0. The van der Waals surface area contributed by atoms with Gasteiger partial charge in [-0.05, 0) is 0 Å². The van der Waals surface area contributed by atoms with E-state index in [0.717, 1.165) is 0 Å². The van der Waals surface area contributed by atoms with E-state index in [2.05, 4.69) is 6.58 Å². The van der Waals surface area contributed by atoms with E-state index in [-0.39, 0.29) is 13.2 Å². The maximum absolute atomic E-state index is 8.17. The van der Waals surface area contributed by atoms with Crippen molar-refractivity contribution in [3.05, 3.63) is 12.7 Å². The molecule has 4 heteroatoms. The van der Waals surface area contributed by atoms with Crippen LogP contribution < -0.4 is 0 Å². The third-order valence-corrected chi connectivity index (χ3v) is 0.749. The molecule has 0 bridgehead atoms. The molecular formula is C6H13ClO3. The molecule has 0 aromatic carbocycles. The molecule has 0 amide bonds. The topological polar surface area (TPSA) is 60.7 Å². The molecule has 0 heterocycles. The summed E-state index contributed by atoms with van der Waals surface area (Å²) < 4.78 is 0. The van der Waals surface area contributed by atoms with Crippen LogP contribution in [0.3, 0.4) is 0 Å². The normalized spacial score (nSPS) is 8.50. The fourth-order valence-corrected chi connectivity index (χ4v) is 0.0577. The van der Waals surface area contributed by atoms with Crippen LogP contribution in [0.4, 0.5) is 0 Å². The second-order valence-electron chi connectivity index (χ2n) is 1.46. The lowest BCUT2D eigenvalue weighted by Crippen LogP contribution is -2.15. The molecule has 0 aromatic heterocycles. The predicted molar refractivity (Wildman–Crippen MR) is 41.1 cm³/mol. The van der Waals surface area contributed by atoms with Gasteiger partial charge in [0, 0.05) is 5.88 Å². The number of aliphatic hydroxyl groups excluding tert-OH is 3. The number of halogens is 1. The average Bonchev–Trinajstić information content (AvgIpc) is 2.03. The number of hydrogen-bond donors (Lipinski definition) is 3. The molecule has 0 aliphatic rings. The minimum absolute atomic E-state index is 0.365. The zero-order chi connectivity index (χ0) is 8.41. The first-order valence-corrected chi connectivity index (χ1v) is 3.33. The molecular weight excluding hydrogens is 156 g/mol. The van der Waals surface area contributed by atoms with Crippen LogP contribution >= 0.6 is 11.6 Å². The Morgan fingerprint density at radius 3 is 1.70 bits per heavy atom. The minimum Gasteiger partial charge on any atom is -0.394 e. The van der Waals surface area contributed by atoms with Crippen LogP contribution in [-0.4, -0.2) is 40.5 Å². The van der Waals surface area contributed by atoms with Crippen molar-refractivity contribution < 1.29 is 15.3 Å². The quantitative estimate of drug-likeness (QED) is 0.402. The number of allylic oxidation sites excluding steroid dienone is 1. The molecule has 0 aliphatic heterocycles. The summed E-state index contributed by atoms with van der Waals surface area (Å²) in [6, 6.07) is 0. The Hall–Kier alpha value is -0.0900. The van der Waals surface area contributed by atoms with Gasteiger partial charge in [0.1, 0.15) is 6.10 Å². The van der Waals surface area contributed by atoms with Crippen LogP contribution in [0.25, 0.3) is 0 Å². The highest BCUT2D eigenvalue weighted by Crippen LogP contribution is 1.71. The largest absolute Gasteiger partial charge is 0.394 e. The summed E-state index contributed by atoms with van der Waals surface area (Å²) in [6.45, 7) is 2.62. The molecule has 3 N–H and O–H groups in total. The molecule has 0 radical (unpaired) electrons. The van der Waals surface area contributed by atoms with Crippen LogP contribution in [0, 0.1) is 0 Å². The van der Waals surface area contributed by atoms with Gasteiger partial charge in [0.05, 0.1) is 13.2 Å². The molecule has 62 valence electrons. The second-order valence-corrected chi connectivity index (χ2v) is 1.77. The maximum Gasteiger partial charge on any atom is 0.100 e. The Labute approximate surface area is 65.6 Å². The summed E-state index contributed by atoms with van der Waals surface area (Å²) >= 11 is 5.07. The van der Waals surface area contributed by atoms with Crippen molar-refractivity contribution in [2.75, 3.05) is 19.1 Å². The number of alkyl halides is 1. The second kappa shape index (κ2) is 11.7. The van der Waals surface area contributed by atoms with Crippen molar-refractivity contribution in [2.24, 2.45) is 0 Å². The van der Waals surface area contributed by atoms with Gasteiger partial charge in [-0.15, -0.1) is 18.2 Å². The third kappa shape index (κ3) is 15.7. The van der Waals surface area contributed by atoms with E-state index < -0.39 is 6.10 Å². The van der Waals surface area contributed by atoms with Gasteiger partial charge in [0.15, 0.2) is 0 Å². The zero-order valence-corrected chi connectivity index (χ0v) is 6.46. The van der Waals surface area contributed by atoms with Crippen molar-refractivity contribution in [1.29, 1.82) is 0 Å². The fraction of sp³-hybridized carbons (Fsp3) is 0.667. The first-order chi connectivity index (χ1) is 4.72. The Morgan fingerprint density at radius 1 is 1.40 bits per heavy atom. The van der Waals surface area contributed by atoms with Gasteiger partial charge >= 0.3 is 0 Å². The minimum atomic E-state index is -0.954. The first-order valence-electron chi connectivity index (χ1n) is 2.79. The van der Waals surface area contributed by atoms with Crippen LogP contribution in [0.5, 0.6) is 0 Å². The molecule has 0 aromatic rings. The molecule has 0 rings (SSSR count). The van der Waals surface area contributed by atoms with E-state index in [4.69, 9.17) is 26.9 Å². The molecule has 10 heavy (non-hydrogen) atoms. The van der Waals surface area contributed by atoms with Gasteiger partial charge in [-0.3, -0.25) is 0 Å². The van der Waals surface area contributed by atoms with Gasteiger partial charge in [-0.2, -0.15) is 0 Å². The van der Waals surface area contributed by atoms with Crippen molar-refractivity contribution in [2.45, 2.75) is 6.10 Å². The van der Waals surface area contributed by atoms with Crippen LogP contribution in [0.15, 0.2) is 12.7 Å². The third-order valence-electron chi connectivity index (χ3n) is 0.531. The van der Waals surface area contributed by atoms with E-state index in [1.54, 1.807) is 6.08 Å². The van der Waals surface area contributed by atoms with Gasteiger partial charge in [-0.25, -0.2) is 0 Å². The van der Waals surface area contributed by atoms with Crippen molar-refractivity contribution in [3.63, 3.8) is 0 Å². The first kappa shape index (κ1) is 12.6. The Kier molecular flexibility index (Phi) is 14.7. The predicted octanol–water partition coefficient (Wildman–Crippen LogP) is -0.257. The average molecular weight is 169 g/mol. The Morgan fingerprint density at radius 2 is 1.70 bits per heavy atom. The highest BCUT2D eigenvalue weighted by molar-refractivity contribution is 6.18. The van der Waals surface area contributed by atoms with Gasteiger partial charge in [-0.1, -0.05) is 6.08 Å². The van der Waals surface area contributed by atoms with E-state index in [9.17, 15) is 0 Å². The Balaban J connectivity index is 0. The monoisotopic (exact) mass is 168 g/mol. The zero-order valence-electron chi connectivity index (χ0n) is 5.70. The van der Waals surface area contributed by atoms with Crippen LogP contribution in [0.1, 0.15) is 0 Å². The van der Waals surface area contributed by atoms with Crippen LogP contribution in [-0.2, 0) is 0 Å². The summed E-state index contributed by atoms with van der Waals surface area (Å²) in [6.07, 6.45) is 0.687. The van der Waals surface area contributed by atoms with Gasteiger partial charge in [0.25, 0.3) is 0 Å². The lowest BCUT2D eigenvalue weighted by atomic mass is 10.4. The SMILES string of the molecule is C=CCCl.OCC(O)CO. The van der Waals surface area contributed by atoms with E-state index in [1.165, 1.54) is 0 Å². The van der Waals surface area contributed by atoms with E-state index in [0.29, 0.717) is 5.88 Å². The van der Waals surface area contributed by atoms with Crippen molar-refractivity contribution in [3.8, 4) is 0 Å². The summed E-state index contributed by atoms with van der Waals surface area (Å²) in [5, 5.41) is 24.0. The lowest BCUT2D eigenvalue weighted by molar-refractivity contribution is 0.0450. The van der Waals surface area contributed by atoms with Gasteiger partial charge in [0.2, 0.25) is 0 Å². The molecule has 0 spiro atoms. The van der Waals surface area contributed by atoms with Crippen molar-refractivity contribution >= 4 is 11.6 Å². The van der Waals surface area contributed by atoms with E-state index in [1.807, 2.05) is 0 Å². The molecule has 0 unspecified atom stereocenters. The van der Waals surface area contributed by atoms with Crippen LogP contribution in [0.2, 0.25) is 0 Å². The molecule has 0 aliphatic carbocycles. The highest BCUT2D eigenvalue weighted by atomic mass is 35.5. The smallest absolute Gasteiger partial charge is 0.100 e. The summed E-state index contributed by atoms with van der Waals surface area (Å²) in [5.41, 5.74) is 0. The molecule has 0 fully saturated rings. The van der Waals surface area contributed by atoms with Gasteiger partial charge < -0.3 is 15.3 Å². The Bertz CT molecular complexity index is 64.0. The van der Waals surface area contributed by atoms with Crippen molar-refractivity contribution in [1.82, 2.24) is 0 Å². The lowest BCUT2D eigenvalue weighted by Gasteiger charge is -1.96. The summed E-state index contributed by atoms with van der Waals surface area (Å²) in [7, 11) is 0. The molecule has 0 saturated carbocycles. The maximum atomic E-state index is 8.17. The van der Waals surface area contributed by atoms with E-state index >= 15 is 0 Å². The molecule has 0 atom stereocenters. The highest BCUT2D eigenvalue weighted by Gasteiger charge is 1.93. The standard InChI is InChI=1S/C3H5Cl.C3H8O3/c1-2-3-4;4-1-3(6)2-5/h2H,1,3H2;3-6H,1-2H2. The number of aliphatic hydroxyl groups is 3. The molecule has 3 nitrogen and oxygen atoms in total. The number of hydrogen-bond acceptors (Lipinski definition) is 3. The number of rotatable bonds is 3. The fourth-order valence-electron chi connectivity index (χ4n) is 0.0577. The summed E-state index contributed by atoms with van der Waals surface area (Å²) in [5.74, 6) is 0.556.